The molecule has 90 valence electrons. The van der Waals surface area contributed by atoms with Gasteiger partial charge in [-0.3, -0.25) is 0 Å². The molecule has 0 N–H and O–H groups in total. The van der Waals surface area contributed by atoms with Crippen molar-refractivity contribution in [3.63, 3.8) is 0 Å². The standard InChI is InChI=1S/C12H14N2O2S/c1-16-12(15)10-7-17-11(14-10)9(6-13)8-4-2-3-5-8/h7-9H,2-5H2,1H3. The fourth-order valence-corrected chi connectivity index (χ4v) is 3.21. The quantitative estimate of drug-likeness (QED) is 0.774. The molecule has 1 fully saturated rings. The van der Waals surface area contributed by atoms with Gasteiger partial charge in [-0.2, -0.15) is 5.26 Å². The Labute approximate surface area is 104 Å². The van der Waals surface area contributed by atoms with E-state index >= 15 is 0 Å². The fraction of sp³-hybridized carbons (Fsp3) is 0.583. The van der Waals surface area contributed by atoms with Crippen LogP contribution in [0.1, 0.15) is 47.1 Å². The number of methoxy groups -OCH3 is 1. The van der Waals surface area contributed by atoms with Crippen LogP contribution in [-0.2, 0) is 4.74 Å². The number of hydrogen-bond donors (Lipinski definition) is 0. The third-order valence-corrected chi connectivity index (χ3v) is 4.12. The molecule has 1 aliphatic carbocycles. The summed E-state index contributed by atoms with van der Waals surface area (Å²) in [5.41, 5.74) is 0.311. The minimum atomic E-state index is -0.435. The molecule has 1 unspecified atom stereocenters. The second-order valence-corrected chi connectivity index (χ2v) is 5.10. The lowest BCUT2D eigenvalue weighted by Gasteiger charge is -2.12. The van der Waals surface area contributed by atoms with Crippen LogP contribution >= 0.6 is 11.3 Å². The molecule has 1 atom stereocenters. The molecule has 0 amide bonds. The van der Waals surface area contributed by atoms with Gasteiger partial charge in [0.05, 0.1) is 13.2 Å². The molecule has 0 spiro atoms. The van der Waals surface area contributed by atoms with Crippen molar-refractivity contribution >= 4 is 17.3 Å². The van der Waals surface area contributed by atoms with Crippen LogP contribution in [0.25, 0.3) is 0 Å². The highest BCUT2D eigenvalue weighted by atomic mass is 32.1. The monoisotopic (exact) mass is 250 g/mol. The van der Waals surface area contributed by atoms with Crippen molar-refractivity contribution in [1.29, 1.82) is 5.26 Å². The summed E-state index contributed by atoms with van der Waals surface area (Å²) in [5.74, 6) is -0.201. The minimum absolute atomic E-state index is 0.166. The first kappa shape index (κ1) is 12.1. The van der Waals surface area contributed by atoms with Crippen molar-refractivity contribution in [2.24, 2.45) is 5.92 Å². The summed E-state index contributed by atoms with van der Waals surface area (Å²) in [7, 11) is 1.33. The van der Waals surface area contributed by atoms with E-state index in [0.717, 1.165) is 17.8 Å². The summed E-state index contributed by atoms with van der Waals surface area (Å²) in [6.07, 6.45) is 4.56. The molecule has 1 aliphatic rings. The normalized spacial score (nSPS) is 17.6. The van der Waals surface area contributed by atoms with Gasteiger partial charge >= 0.3 is 5.97 Å². The zero-order chi connectivity index (χ0) is 12.3. The number of esters is 1. The number of ether oxygens (including phenoxy) is 1. The van der Waals surface area contributed by atoms with E-state index in [-0.39, 0.29) is 5.92 Å². The van der Waals surface area contributed by atoms with Crippen molar-refractivity contribution in [3.05, 3.63) is 16.1 Å². The first-order valence-electron chi connectivity index (χ1n) is 5.69. The second kappa shape index (κ2) is 5.28. The SMILES string of the molecule is COC(=O)c1csc(C(C#N)C2CCCC2)n1. The summed E-state index contributed by atoms with van der Waals surface area (Å²) in [6.45, 7) is 0. The predicted octanol–water partition coefficient (Wildman–Crippen LogP) is 2.73. The third-order valence-electron chi connectivity index (χ3n) is 3.19. The zero-order valence-corrected chi connectivity index (χ0v) is 10.5. The lowest BCUT2D eigenvalue weighted by Crippen LogP contribution is -2.08. The van der Waals surface area contributed by atoms with Gasteiger partial charge in [-0.05, 0) is 18.8 Å². The zero-order valence-electron chi connectivity index (χ0n) is 9.68. The first-order valence-corrected chi connectivity index (χ1v) is 6.57. The van der Waals surface area contributed by atoms with Gasteiger partial charge in [-0.1, -0.05) is 12.8 Å². The van der Waals surface area contributed by atoms with Gasteiger partial charge in [0.25, 0.3) is 0 Å². The maximum atomic E-state index is 11.3. The molecule has 0 bridgehead atoms. The molecule has 2 rings (SSSR count). The first-order chi connectivity index (χ1) is 8.26. The lowest BCUT2D eigenvalue weighted by molar-refractivity contribution is 0.0594. The molecule has 1 heterocycles. The van der Waals surface area contributed by atoms with Crippen LogP contribution in [0, 0.1) is 17.2 Å². The molecular weight excluding hydrogens is 236 g/mol. The molecule has 1 saturated carbocycles. The molecule has 1 aromatic heterocycles. The second-order valence-electron chi connectivity index (χ2n) is 4.21. The lowest BCUT2D eigenvalue weighted by atomic mass is 9.93. The van der Waals surface area contributed by atoms with Gasteiger partial charge in [0.15, 0.2) is 5.69 Å². The van der Waals surface area contributed by atoms with E-state index in [1.165, 1.54) is 31.3 Å². The van der Waals surface area contributed by atoms with Crippen LogP contribution in [0.4, 0.5) is 0 Å². The molecule has 0 saturated heterocycles. The Hall–Kier alpha value is -1.41. The van der Waals surface area contributed by atoms with Crippen LogP contribution in [0.2, 0.25) is 0 Å². The largest absolute Gasteiger partial charge is 0.464 e. The summed E-state index contributed by atoms with van der Waals surface area (Å²) in [4.78, 5) is 15.5. The Morgan fingerprint density at radius 1 is 1.65 bits per heavy atom. The average molecular weight is 250 g/mol. The van der Waals surface area contributed by atoms with E-state index in [4.69, 9.17) is 0 Å². The van der Waals surface area contributed by atoms with Gasteiger partial charge in [0.2, 0.25) is 0 Å². The Balaban J connectivity index is 2.17. The summed E-state index contributed by atoms with van der Waals surface area (Å²) in [5, 5.41) is 11.7. The van der Waals surface area contributed by atoms with E-state index in [1.807, 2.05) is 0 Å². The summed E-state index contributed by atoms with van der Waals surface area (Å²) >= 11 is 1.38. The van der Waals surface area contributed by atoms with E-state index in [9.17, 15) is 10.1 Å². The van der Waals surface area contributed by atoms with Crippen molar-refractivity contribution in [1.82, 2.24) is 4.98 Å². The number of rotatable bonds is 3. The highest BCUT2D eigenvalue weighted by Crippen LogP contribution is 2.37. The molecule has 0 aromatic carbocycles. The van der Waals surface area contributed by atoms with Crippen LogP contribution < -0.4 is 0 Å². The number of nitriles is 1. The van der Waals surface area contributed by atoms with Crippen molar-refractivity contribution in [3.8, 4) is 6.07 Å². The highest BCUT2D eigenvalue weighted by molar-refractivity contribution is 7.10. The fourth-order valence-electron chi connectivity index (χ4n) is 2.28. The molecule has 0 radical (unpaired) electrons. The Kier molecular flexibility index (Phi) is 3.75. The third kappa shape index (κ3) is 2.47. The van der Waals surface area contributed by atoms with Crippen LogP contribution in [0.15, 0.2) is 5.38 Å². The van der Waals surface area contributed by atoms with Crippen molar-refractivity contribution in [2.75, 3.05) is 7.11 Å². The smallest absolute Gasteiger partial charge is 0.357 e. The highest BCUT2D eigenvalue weighted by Gasteiger charge is 2.29. The van der Waals surface area contributed by atoms with Gasteiger partial charge in [-0.25, -0.2) is 9.78 Å². The van der Waals surface area contributed by atoms with Gasteiger partial charge in [-0.15, -0.1) is 11.3 Å². The molecule has 17 heavy (non-hydrogen) atoms. The number of carbonyl (C=O) groups is 1. The van der Waals surface area contributed by atoms with E-state index < -0.39 is 5.97 Å². The Morgan fingerprint density at radius 2 is 2.35 bits per heavy atom. The maximum absolute atomic E-state index is 11.3. The van der Waals surface area contributed by atoms with Crippen LogP contribution in [0.3, 0.4) is 0 Å². The van der Waals surface area contributed by atoms with Crippen molar-refractivity contribution < 1.29 is 9.53 Å². The van der Waals surface area contributed by atoms with E-state index in [2.05, 4.69) is 15.8 Å². The van der Waals surface area contributed by atoms with Gasteiger partial charge < -0.3 is 4.74 Å². The topological polar surface area (TPSA) is 63.0 Å². The number of carbonyl (C=O) groups excluding carboxylic acids is 1. The van der Waals surface area contributed by atoms with Crippen molar-refractivity contribution in [2.45, 2.75) is 31.6 Å². The Morgan fingerprint density at radius 3 is 2.94 bits per heavy atom. The Bertz CT molecular complexity index is 444. The number of hydrogen-bond acceptors (Lipinski definition) is 5. The average Bonchev–Trinajstić information content (AvgIpc) is 3.00. The molecule has 4 nitrogen and oxygen atoms in total. The maximum Gasteiger partial charge on any atom is 0.357 e. The number of aromatic nitrogens is 1. The number of thiazole rings is 1. The molecular formula is C12H14N2O2S. The van der Waals surface area contributed by atoms with E-state index in [1.54, 1.807) is 5.38 Å². The predicted molar refractivity (Wildman–Crippen MR) is 63.8 cm³/mol. The molecule has 0 aliphatic heterocycles. The molecule has 5 heteroatoms. The summed E-state index contributed by atoms with van der Waals surface area (Å²) < 4.78 is 4.61. The minimum Gasteiger partial charge on any atom is -0.464 e. The number of nitrogens with zero attached hydrogens (tertiary/aromatic N) is 2. The van der Waals surface area contributed by atoms with Crippen LogP contribution in [-0.4, -0.2) is 18.1 Å². The van der Waals surface area contributed by atoms with E-state index in [0.29, 0.717) is 11.6 Å². The van der Waals surface area contributed by atoms with Crippen LogP contribution in [0.5, 0.6) is 0 Å². The molecule has 1 aromatic rings. The van der Waals surface area contributed by atoms with Gasteiger partial charge in [0.1, 0.15) is 10.9 Å². The summed E-state index contributed by atoms with van der Waals surface area (Å²) in [6, 6.07) is 2.33. The van der Waals surface area contributed by atoms with Gasteiger partial charge in [0, 0.05) is 5.38 Å².